The van der Waals surface area contributed by atoms with Crippen LogP contribution >= 0.6 is 11.3 Å². The van der Waals surface area contributed by atoms with E-state index < -0.39 is 0 Å². The summed E-state index contributed by atoms with van der Waals surface area (Å²) in [7, 11) is 0. The van der Waals surface area contributed by atoms with Gasteiger partial charge in [-0.05, 0) is 43.5 Å². The van der Waals surface area contributed by atoms with Gasteiger partial charge in [-0.15, -0.1) is 11.3 Å². The molecule has 0 atom stereocenters. The van der Waals surface area contributed by atoms with E-state index in [1.54, 1.807) is 22.1 Å². The molecule has 1 aromatic carbocycles. The van der Waals surface area contributed by atoms with Gasteiger partial charge in [-0.1, -0.05) is 13.3 Å². The Balaban J connectivity index is 1.91. The summed E-state index contributed by atoms with van der Waals surface area (Å²) in [5.74, 6) is 0.702. The first-order valence-corrected chi connectivity index (χ1v) is 9.96. The first-order valence-electron chi connectivity index (χ1n) is 9.08. The third-order valence-corrected chi connectivity index (χ3v) is 5.17. The maximum absolute atomic E-state index is 12.6. The minimum Gasteiger partial charge on any atom is -0.486 e. The zero-order valence-corrected chi connectivity index (χ0v) is 16.4. The lowest BCUT2D eigenvalue weighted by Crippen LogP contribution is -2.16. The van der Waals surface area contributed by atoms with Crippen LogP contribution in [0.2, 0.25) is 0 Å². The molecule has 6 nitrogen and oxygen atoms in total. The van der Waals surface area contributed by atoms with Crippen molar-refractivity contribution in [3.05, 3.63) is 46.0 Å². The molecular formula is C20H24N2O4S. The van der Waals surface area contributed by atoms with E-state index in [2.05, 4.69) is 11.9 Å². The maximum Gasteiger partial charge on any atom is 0.418 e. The molecule has 3 aromatic rings. The Morgan fingerprint density at radius 1 is 1.37 bits per heavy atom. The van der Waals surface area contributed by atoms with Crippen molar-refractivity contribution in [1.82, 2.24) is 9.55 Å². The number of thiazole rings is 1. The quantitative estimate of drug-likeness (QED) is 0.582. The smallest absolute Gasteiger partial charge is 0.418 e. The van der Waals surface area contributed by atoms with Crippen LogP contribution in [0, 0.1) is 6.92 Å². The number of hydrogen-bond acceptors (Lipinski definition) is 6. The summed E-state index contributed by atoms with van der Waals surface area (Å²) in [5.41, 5.74) is 2.48. The first-order chi connectivity index (χ1) is 13.2. The van der Waals surface area contributed by atoms with Crippen molar-refractivity contribution in [3.8, 4) is 5.75 Å². The number of aromatic nitrogens is 2. The highest BCUT2D eigenvalue weighted by Gasteiger charge is 2.20. The summed E-state index contributed by atoms with van der Waals surface area (Å²) in [6.45, 7) is 4.74. The van der Waals surface area contributed by atoms with E-state index in [0.29, 0.717) is 25.4 Å². The van der Waals surface area contributed by atoms with Crippen LogP contribution in [0.15, 0.2) is 29.8 Å². The first kappa shape index (κ1) is 19.4. The number of fused-ring (bicyclic) bond motifs is 1. The normalized spacial score (nSPS) is 11.1. The molecule has 0 aliphatic rings. The number of carbonyl (C=O) groups excluding carboxylic acids is 1. The average molecular weight is 388 g/mol. The minimum atomic E-state index is -0.383. The molecule has 0 amide bonds. The van der Waals surface area contributed by atoms with Crippen LogP contribution in [0.5, 0.6) is 5.75 Å². The van der Waals surface area contributed by atoms with Crippen LogP contribution < -0.4 is 4.74 Å². The van der Waals surface area contributed by atoms with Crippen molar-refractivity contribution in [1.29, 1.82) is 0 Å². The van der Waals surface area contributed by atoms with E-state index in [1.165, 1.54) is 0 Å². The highest BCUT2D eigenvalue weighted by Crippen LogP contribution is 2.30. The summed E-state index contributed by atoms with van der Waals surface area (Å²) in [6, 6.07) is 5.62. The number of aliphatic hydroxyl groups excluding tert-OH is 1. The van der Waals surface area contributed by atoms with E-state index >= 15 is 0 Å². The van der Waals surface area contributed by atoms with Crippen molar-refractivity contribution >= 4 is 28.3 Å². The number of unbranched alkanes of at least 4 members (excludes halogenated alkanes) is 1. The van der Waals surface area contributed by atoms with E-state index in [9.17, 15) is 9.90 Å². The fraction of sp³-hybridized carbons (Fsp3) is 0.400. The number of aliphatic hydroxyl groups is 1. The molecule has 0 saturated heterocycles. The molecule has 0 aliphatic heterocycles. The lowest BCUT2D eigenvalue weighted by atomic mass is 10.1. The predicted molar refractivity (Wildman–Crippen MR) is 106 cm³/mol. The standard InChI is InChI=1S/C20H24N2O4S/c1-3-4-10-25-20(24)22-14(2)16(7-9-23)17-12-15(5-6-18(17)22)26-13-19-21-8-11-27-19/h5-6,8,11-12,23H,3-4,7,9-10,13H2,1-2H3. The largest absolute Gasteiger partial charge is 0.486 e. The third-order valence-electron chi connectivity index (χ3n) is 4.42. The number of benzene rings is 1. The number of carbonyl (C=O) groups is 1. The Bertz CT molecular complexity index is 902. The molecular weight excluding hydrogens is 364 g/mol. The van der Waals surface area contributed by atoms with Gasteiger partial charge in [0.05, 0.1) is 12.1 Å². The molecule has 0 aliphatic carbocycles. The van der Waals surface area contributed by atoms with E-state index in [1.807, 2.05) is 30.5 Å². The van der Waals surface area contributed by atoms with Crippen molar-refractivity contribution in [2.24, 2.45) is 0 Å². The molecule has 0 fully saturated rings. The molecule has 0 spiro atoms. The Labute approximate surface area is 162 Å². The highest BCUT2D eigenvalue weighted by molar-refractivity contribution is 7.09. The maximum atomic E-state index is 12.6. The topological polar surface area (TPSA) is 73.6 Å². The monoisotopic (exact) mass is 388 g/mol. The molecule has 0 saturated carbocycles. The van der Waals surface area contributed by atoms with Crippen molar-refractivity contribution < 1.29 is 19.4 Å². The zero-order valence-electron chi connectivity index (χ0n) is 15.6. The number of hydrogen-bond donors (Lipinski definition) is 1. The molecule has 27 heavy (non-hydrogen) atoms. The van der Waals surface area contributed by atoms with Crippen LogP contribution in [-0.4, -0.2) is 34.0 Å². The number of nitrogens with zero attached hydrogens (tertiary/aromatic N) is 2. The van der Waals surface area contributed by atoms with Crippen LogP contribution in [0.4, 0.5) is 4.79 Å². The predicted octanol–water partition coefficient (Wildman–Crippen LogP) is 4.30. The second-order valence-electron chi connectivity index (χ2n) is 6.23. The fourth-order valence-electron chi connectivity index (χ4n) is 3.05. The van der Waals surface area contributed by atoms with Crippen molar-refractivity contribution in [2.45, 2.75) is 39.7 Å². The fourth-order valence-corrected chi connectivity index (χ4v) is 3.58. The summed E-state index contributed by atoms with van der Waals surface area (Å²) in [5, 5.41) is 13.2. The van der Waals surface area contributed by atoms with Gasteiger partial charge < -0.3 is 14.6 Å². The lowest BCUT2D eigenvalue weighted by Gasteiger charge is -2.09. The van der Waals surface area contributed by atoms with Crippen LogP contribution in [-0.2, 0) is 17.8 Å². The van der Waals surface area contributed by atoms with Gasteiger partial charge in [0.15, 0.2) is 0 Å². The molecule has 0 radical (unpaired) electrons. The van der Waals surface area contributed by atoms with Gasteiger partial charge in [0, 0.05) is 29.3 Å². The number of rotatable bonds is 8. The highest BCUT2D eigenvalue weighted by atomic mass is 32.1. The molecule has 3 rings (SSSR count). The summed E-state index contributed by atoms with van der Waals surface area (Å²) < 4.78 is 12.8. The van der Waals surface area contributed by atoms with Gasteiger partial charge in [0.2, 0.25) is 0 Å². The Morgan fingerprint density at radius 3 is 2.93 bits per heavy atom. The third kappa shape index (κ3) is 4.31. The summed E-state index contributed by atoms with van der Waals surface area (Å²) in [4.78, 5) is 16.8. The van der Waals surface area contributed by atoms with Crippen LogP contribution in [0.25, 0.3) is 10.9 Å². The molecule has 2 aromatic heterocycles. The van der Waals surface area contributed by atoms with E-state index in [4.69, 9.17) is 9.47 Å². The molecule has 7 heteroatoms. The van der Waals surface area contributed by atoms with E-state index in [0.717, 1.165) is 40.0 Å². The average Bonchev–Trinajstić information content (AvgIpc) is 3.27. The molecule has 2 heterocycles. The Hall–Kier alpha value is -2.38. The zero-order chi connectivity index (χ0) is 19.2. The van der Waals surface area contributed by atoms with Gasteiger partial charge in [-0.25, -0.2) is 14.3 Å². The van der Waals surface area contributed by atoms with Gasteiger partial charge in [0.25, 0.3) is 0 Å². The summed E-state index contributed by atoms with van der Waals surface area (Å²) in [6.07, 6.45) is 3.63. The minimum absolute atomic E-state index is 0.00896. The van der Waals surface area contributed by atoms with Gasteiger partial charge in [0.1, 0.15) is 17.4 Å². The lowest BCUT2D eigenvalue weighted by molar-refractivity contribution is 0.147. The van der Waals surface area contributed by atoms with Gasteiger partial charge in [-0.2, -0.15) is 0 Å². The number of ether oxygens (including phenoxy) is 2. The summed E-state index contributed by atoms with van der Waals surface area (Å²) >= 11 is 1.54. The Morgan fingerprint density at radius 2 is 2.22 bits per heavy atom. The molecule has 0 bridgehead atoms. The van der Waals surface area contributed by atoms with Crippen LogP contribution in [0.3, 0.4) is 0 Å². The van der Waals surface area contributed by atoms with E-state index in [-0.39, 0.29) is 12.7 Å². The Kier molecular flexibility index (Phi) is 6.47. The van der Waals surface area contributed by atoms with Gasteiger partial charge >= 0.3 is 6.09 Å². The molecule has 144 valence electrons. The second-order valence-corrected chi connectivity index (χ2v) is 7.21. The SMILES string of the molecule is CCCCOC(=O)n1c(C)c(CCO)c2cc(OCc3nccs3)ccc21. The van der Waals surface area contributed by atoms with Crippen LogP contribution in [0.1, 0.15) is 36.0 Å². The van der Waals surface area contributed by atoms with Gasteiger partial charge in [-0.3, -0.25) is 0 Å². The molecule has 1 N–H and O–H groups in total. The van der Waals surface area contributed by atoms with Crippen molar-refractivity contribution in [3.63, 3.8) is 0 Å². The second kappa shape index (κ2) is 9.01. The van der Waals surface area contributed by atoms with Crippen molar-refractivity contribution in [2.75, 3.05) is 13.2 Å². The molecule has 0 unspecified atom stereocenters.